The quantitative estimate of drug-likeness (QED) is 0.237. The Kier molecular flexibility index (Phi) is 4.35. The highest BCUT2D eigenvalue weighted by atomic mass is 35.6. The smallest absolute Gasteiger partial charge is 0.266 e. The number of hydrogen-bond acceptors (Lipinski definition) is 2. The van der Waals surface area contributed by atoms with E-state index in [1.165, 1.54) is 0 Å². The van der Waals surface area contributed by atoms with Gasteiger partial charge in [0.15, 0.2) is 7.57 Å². The molecule has 56 valence electrons. The molecule has 2 radical (unpaired) electrons. The summed E-state index contributed by atoms with van der Waals surface area (Å²) in [7, 11) is 4.03. The average Bonchev–Trinajstić information content (AvgIpc) is 1.60. The van der Waals surface area contributed by atoms with Crippen molar-refractivity contribution in [3.8, 4) is 0 Å². The largest absolute Gasteiger partial charge is 0.469 e. The Bertz CT molecular complexity index is 136. The van der Waals surface area contributed by atoms with E-state index >= 15 is 0 Å². The normalized spacial score (nSPS) is 14.4. The van der Waals surface area contributed by atoms with Gasteiger partial charge in [-0.1, -0.05) is 34.8 Å². The molecule has 0 bridgehead atoms. The summed E-state index contributed by atoms with van der Waals surface area (Å²) in [5, 5.41) is 6.99. The maximum absolute atomic E-state index is 6.99. The SMILES string of the molecule is [B]P(C)OC(=N)C(Cl)(Cl)Cl. The Balaban J connectivity index is 3.87. The second-order valence-electron chi connectivity index (χ2n) is 1.46. The standard InChI is InChI=1S/C3H4BCl3NOP/c1-10(4)9-2(8)3(5,6)7/h8H,1H3. The lowest BCUT2D eigenvalue weighted by Crippen LogP contribution is -2.18. The van der Waals surface area contributed by atoms with Gasteiger partial charge in [-0.2, -0.15) is 0 Å². The summed E-state index contributed by atoms with van der Waals surface area (Å²) in [4.78, 5) is 0. The maximum atomic E-state index is 6.99. The van der Waals surface area contributed by atoms with E-state index in [1.54, 1.807) is 6.66 Å². The van der Waals surface area contributed by atoms with Crippen molar-refractivity contribution in [2.24, 2.45) is 0 Å². The molecule has 10 heavy (non-hydrogen) atoms. The maximum Gasteiger partial charge on any atom is 0.266 e. The predicted octanol–water partition coefficient (Wildman–Crippen LogP) is 2.46. The van der Waals surface area contributed by atoms with Gasteiger partial charge in [0.25, 0.3) is 3.79 Å². The molecule has 0 amide bonds. The number of hydrogen-bond donors (Lipinski definition) is 1. The molecule has 7 heteroatoms. The zero-order chi connectivity index (χ0) is 8.36. The molecule has 1 unspecified atom stereocenters. The van der Waals surface area contributed by atoms with Crippen LogP contribution < -0.4 is 0 Å². The third-order valence-electron chi connectivity index (χ3n) is 0.493. The Labute approximate surface area is 76.9 Å². The van der Waals surface area contributed by atoms with Crippen LogP contribution in [0.15, 0.2) is 0 Å². The minimum absolute atomic E-state index is 0.436. The van der Waals surface area contributed by atoms with Crippen molar-refractivity contribution in [3.05, 3.63) is 0 Å². The molecule has 0 saturated carbocycles. The summed E-state index contributed by atoms with van der Waals surface area (Å²) in [6.45, 7) is 1.60. The number of alkyl halides is 3. The van der Waals surface area contributed by atoms with Crippen molar-refractivity contribution in [1.82, 2.24) is 0 Å². The first-order valence-corrected chi connectivity index (χ1v) is 5.07. The van der Waals surface area contributed by atoms with Crippen LogP contribution in [0, 0.1) is 5.41 Å². The fourth-order valence-corrected chi connectivity index (χ4v) is 0.898. The van der Waals surface area contributed by atoms with Crippen LogP contribution in [0.25, 0.3) is 0 Å². The van der Waals surface area contributed by atoms with Gasteiger partial charge in [0, 0.05) is 8.03 Å². The Morgan fingerprint density at radius 3 is 2.10 bits per heavy atom. The van der Waals surface area contributed by atoms with E-state index in [-0.39, 0.29) is 0 Å². The first kappa shape index (κ1) is 10.8. The molecular weight excluding hydrogens is 214 g/mol. The van der Waals surface area contributed by atoms with Gasteiger partial charge in [-0.25, -0.2) is 0 Å². The first-order valence-electron chi connectivity index (χ1n) is 2.16. The van der Waals surface area contributed by atoms with Crippen LogP contribution in [0.1, 0.15) is 0 Å². The van der Waals surface area contributed by atoms with Gasteiger partial charge in [0.2, 0.25) is 5.90 Å². The zero-order valence-corrected chi connectivity index (χ0v) is 8.23. The van der Waals surface area contributed by atoms with E-state index in [9.17, 15) is 0 Å². The summed E-state index contributed by atoms with van der Waals surface area (Å²) in [6, 6.07) is 0. The van der Waals surface area contributed by atoms with Gasteiger partial charge >= 0.3 is 0 Å². The van der Waals surface area contributed by atoms with Crippen molar-refractivity contribution in [2.75, 3.05) is 6.66 Å². The van der Waals surface area contributed by atoms with Crippen molar-refractivity contribution < 1.29 is 4.52 Å². The molecule has 0 spiro atoms. The molecule has 0 saturated heterocycles. The van der Waals surface area contributed by atoms with Crippen LogP contribution in [-0.4, -0.2) is 23.9 Å². The van der Waals surface area contributed by atoms with Gasteiger partial charge in [0.05, 0.1) is 0 Å². The van der Waals surface area contributed by atoms with E-state index in [4.69, 9.17) is 47.8 Å². The van der Waals surface area contributed by atoms with Gasteiger partial charge in [0.1, 0.15) is 0 Å². The number of rotatable bonds is 1. The lowest BCUT2D eigenvalue weighted by Gasteiger charge is -2.15. The highest BCUT2D eigenvalue weighted by Gasteiger charge is 2.28. The van der Waals surface area contributed by atoms with Gasteiger partial charge in [-0.05, 0) is 6.66 Å². The Morgan fingerprint density at radius 1 is 1.60 bits per heavy atom. The molecule has 0 aliphatic carbocycles. The zero-order valence-electron chi connectivity index (χ0n) is 5.07. The van der Waals surface area contributed by atoms with E-state index in [1.807, 2.05) is 0 Å². The monoisotopic (exact) mass is 217 g/mol. The van der Waals surface area contributed by atoms with Crippen molar-refractivity contribution in [1.29, 1.82) is 5.41 Å². The third-order valence-corrected chi connectivity index (χ3v) is 1.48. The first-order chi connectivity index (χ1) is 4.34. The van der Waals surface area contributed by atoms with Crippen LogP contribution >= 0.6 is 42.8 Å². The second-order valence-corrected chi connectivity index (χ2v) is 5.02. The van der Waals surface area contributed by atoms with Gasteiger partial charge in [-0.3, -0.25) is 5.41 Å². The van der Waals surface area contributed by atoms with Crippen LogP contribution in [0.2, 0.25) is 0 Å². The van der Waals surface area contributed by atoms with Crippen LogP contribution in [0.4, 0.5) is 0 Å². The molecule has 2 nitrogen and oxygen atoms in total. The molecule has 0 rings (SSSR count). The molecule has 1 atom stereocenters. The molecule has 0 aromatic carbocycles. The number of halogens is 3. The average molecular weight is 218 g/mol. The predicted molar refractivity (Wildman–Crippen MR) is 47.7 cm³/mol. The molecule has 0 aliphatic heterocycles. The van der Waals surface area contributed by atoms with Gasteiger partial charge in [-0.15, -0.1) is 0 Å². The van der Waals surface area contributed by atoms with E-state index in [0.29, 0.717) is 0 Å². The molecule has 0 aromatic rings. The minimum atomic E-state index is -1.80. The van der Waals surface area contributed by atoms with Crippen LogP contribution in [0.3, 0.4) is 0 Å². The minimum Gasteiger partial charge on any atom is -0.469 e. The third kappa shape index (κ3) is 4.62. The molecular formula is C3H4BCl3NOP. The van der Waals surface area contributed by atoms with Gasteiger partial charge < -0.3 is 4.52 Å². The number of nitrogens with one attached hydrogen (secondary N) is 1. The molecule has 0 fully saturated rings. The van der Waals surface area contributed by atoms with Crippen molar-refractivity contribution in [2.45, 2.75) is 3.79 Å². The summed E-state index contributed by atoms with van der Waals surface area (Å²) >= 11 is 15.8. The topological polar surface area (TPSA) is 33.1 Å². The van der Waals surface area contributed by atoms with E-state index in [2.05, 4.69) is 4.52 Å². The van der Waals surface area contributed by atoms with Crippen LogP contribution in [-0.2, 0) is 4.52 Å². The van der Waals surface area contributed by atoms with Crippen LogP contribution in [0.5, 0.6) is 0 Å². The molecule has 0 aromatic heterocycles. The summed E-state index contributed by atoms with van der Waals surface area (Å²) in [6.07, 6.45) is 0. The van der Waals surface area contributed by atoms with E-state index in [0.717, 1.165) is 0 Å². The highest BCUT2D eigenvalue weighted by Crippen LogP contribution is 2.34. The van der Waals surface area contributed by atoms with Crippen molar-refractivity contribution >= 4 is 56.3 Å². The Hall–Kier alpha value is 0.835. The highest BCUT2D eigenvalue weighted by molar-refractivity contribution is 7.77. The molecule has 0 aliphatic rings. The Morgan fingerprint density at radius 2 is 2.00 bits per heavy atom. The fraction of sp³-hybridized carbons (Fsp3) is 0.667. The second kappa shape index (κ2) is 4.01. The summed E-state index contributed by atoms with van der Waals surface area (Å²) in [5.41, 5.74) is 0. The molecule has 0 heterocycles. The lowest BCUT2D eigenvalue weighted by molar-refractivity contribution is 0.608. The van der Waals surface area contributed by atoms with Crippen molar-refractivity contribution in [3.63, 3.8) is 0 Å². The lowest BCUT2D eigenvalue weighted by atomic mass is 10.8. The summed E-state index contributed by atoms with van der Waals surface area (Å²) < 4.78 is 2.85. The van der Waals surface area contributed by atoms with E-state index < -0.39 is 17.7 Å². The molecule has 1 N–H and O–H groups in total. The fourth-order valence-electron chi connectivity index (χ4n) is 0.196. The summed E-state index contributed by atoms with van der Waals surface area (Å²) in [5.74, 6) is -0.436.